The molecule has 3 rings (SSSR count). The zero-order valence-corrected chi connectivity index (χ0v) is 20.2. The van der Waals surface area contributed by atoms with Crippen LogP contribution in [0.25, 0.3) is 0 Å². The molecule has 10 nitrogen and oxygen atoms in total. The van der Waals surface area contributed by atoms with E-state index in [-0.39, 0.29) is 12.7 Å². The number of carbonyl (C=O) groups is 1. The number of carbonyl (C=O) groups excluding carboxylic acids is 1. The Bertz CT molecular complexity index is 1380. The highest BCUT2D eigenvalue weighted by molar-refractivity contribution is 7.92. The van der Waals surface area contributed by atoms with Gasteiger partial charge in [0, 0.05) is 0 Å². The predicted octanol–water partition coefficient (Wildman–Crippen LogP) is 2.36. The molecular weight excluding hydrogens is 536 g/mol. The van der Waals surface area contributed by atoms with Crippen molar-refractivity contribution in [1.82, 2.24) is 0 Å². The summed E-state index contributed by atoms with van der Waals surface area (Å²) in [5.74, 6) is -3.60. The summed E-state index contributed by atoms with van der Waals surface area (Å²) < 4.78 is 121. The van der Waals surface area contributed by atoms with E-state index in [9.17, 15) is 39.2 Å². The van der Waals surface area contributed by atoms with Crippen LogP contribution < -0.4 is 10.5 Å². The van der Waals surface area contributed by atoms with E-state index in [2.05, 4.69) is 0 Å². The average Bonchev–Trinajstić information content (AvgIpc) is 3.11. The molecule has 1 heterocycles. The molecule has 3 N–H and O–H groups in total. The highest BCUT2D eigenvalue weighted by Crippen LogP contribution is 2.36. The zero-order valence-electron chi connectivity index (χ0n) is 18.6. The van der Waals surface area contributed by atoms with Crippen LogP contribution in [0.2, 0.25) is 0 Å². The summed E-state index contributed by atoms with van der Waals surface area (Å²) in [6.45, 7) is 2.78. The molecule has 0 spiro atoms. The fourth-order valence-electron chi connectivity index (χ4n) is 3.19. The first-order valence-electron chi connectivity index (χ1n) is 9.95. The Balaban J connectivity index is 1.91. The number of hydrogen-bond donors (Lipinski definition) is 2. The summed E-state index contributed by atoms with van der Waals surface area (Å²) in [4.78, 5) is 10.3. The quantitative estimate of drug-likeness (QED) is 0.372. The number of rotatable bonds is 8. The van der Waals surface area contributed by atoms with E-state index in [1.807, 2.05) is 0 Å². The summed E-state index contributed by atoms with van der Waals surface area (Å²) in [7, 11) is -9.63. The fraction of sp³-hybridized carbons (Fsp3) is 0.350. The molecule has 0 bridgehead atoms. The van der Waals surface area contributed by atoms with E-state index in [0.29, 0.717) is 18.2 Å². The number of benzene rings is 2. The molecule has 1 fully saturated rings. The molecule has 2 aromatic carbocycles. The van der Waals surface area contributed by atoms with Crippen LogP contribution in [0.1, 0.15) is 19.4 Å². The SMILES string of the molecule is CC1(C)OCC(C(OS(=O)(=O)c2cccc(S(=O)(=O)Nc3ccc(F)cc3C(F)(F)F)c2)C(N)=O)O1. The van der Waals surface area contributed by atoms with E-state index < -0.39 is 77.1 Å². The number of nitrogens with one attached hydrogen (secondary N) is 1. The number of primary amides is 1. The van der Waals surface area contributed by atoms with Gasteiger partial charge in [0.25, 0.3) is 26.0 Å². The van der Waals surface area contributed by atoms with Crippen LogP contribution in [0.5, 0.6) is 0 Å². The van der Waals surface area contributed by atoms with Crippen LogP contribution in [-0.2, 0) is 44.8 Å². The molecule has 2 atom stereocenters. The normalized spacial score (nSPS) is 19.1. The third-order valence-electron chi connectivity index (χ3n) is 4.81. The van der Waals surface area contributed by atoms with Crippen LogP contribution in [-0.4, -0.2) is 47.3 Å². The molecule has 2 aromatic rings. The van der Waals surface area contributed by atoms with E-state index >= 15 is 0 Å². The first-order valence-corrected chi connectivity index (χ1v) is 12.8. The first-order chi connectivity index (χ1) is 16.4. The molecule has 1 amide bonds. The Morgan fingerprint density at radius 1 is 1.14 bits per heavy atom. The van der Waals surface area contributed by atoms with Gasteiger partial charge in [0.15, 0.2) is 11.9 Å². The molecule has 2 unspecified atom stereocenters. The molecule has 198 valence electrons. The van der Waals surface area contributed by atoms with Crippen LogP contribution in [0, 0.1) is 5.82 Å². The molecule has 0 radical (unpaired) electrons. The number of anilines is 1. The van der Waals surface area contributed by atoms with Gasteiger partial charge in [-0.2, -0.15) is 21.6 Å². The Morgan fingerprint density at radius 3 is 2.33 bits per heavy atom. The number of hydrogen-bond acceptors (Lipinski definition) is 8. The van der Waals surface area contributed by atoms with Gasteiger partial charge in [0.1, 0.15) is 11.9 Å². The standard InChI is InChI=1S/C20H20F4N2O8S2/c1-19(2)32-10-16(33-19)17(18(25)27)34-36(30,31)13-5-3-4-12(9-13)35(28,29)26-15-7-6-11(21)8-14(15)20(22,23)24/h3-9,16-17,26H,10H2,1-2H3,(H2,25,27). The maximum absolute atomic E-state index is 13.3. The number of amides is 1. The third-order valence-corrected chi connectivity index (χ3v) is 7.47. The first kappa shape index (κ1) is 27.8. The van der Waals surface area contributed by atoms with Gasteiger partial charge in [-0.15, -0.1) is 0 Å². The van der Waals surface area contributed by atoms with Crippen molar-refractivity contribution in [3.63, 3.8) is 0 Å². The predicted molar refractivity (Wildman–Crippen MR) is 115 cm³/mol. The number of nitrogens with two attached hydrogens (primary N) is 1. The second-order valence-electron chi connectivity index (χ2n) is 8.01. The Morgan fingerprint density at radius 2 is 1.78 bits per heavy atom. The molecule has 1 saturated heterocycles. The Hall–Kier alpha value is -2.79. The van der Waals surface area contributed by atoms with Gasteiger partial charge in [-0.3, -0.25) is 13.7 Å². The monoisotopic (exact) mass is 556 g/mol. The van der Waals surface area contributed by atoms with Crippen molar-refractivity contribution in [2.24, 2.45) is 5.73 Å². The van der Waals surface area contributed by atoms with Gasteiger partial charge < -0.3 is 15.2 Å². The topological polar surface area (TPSA) is 151 Å². The molecular formula is C20H20F4N2O8S2. The molecule has 1 aliphatic heterocycles. The molecule has 0 aliphatic carbocycles. The Kier molecular flexibility index (Phi) is 7.40. The molecule has 0 saturated carbocycles. The minimum atomic E-state index is -5.09. The third kappa shape index (κ3) is 6.31. The van der Waals surface area contributed by atoms with Crippen molar-refractivity contribution in [2.75, 3.05) is 11.3 Å². The molecule has 36 heavy (non-hydrogen) atoms. The van der Waals surface area contributed by atoms with E-state index in [0.717, 1.165) is 18.2 Å². The van der Waals surface area contributed by atoms with Crippen LogP contribution in [0.4, 0.5) is 23.2 Å². The fourth-order valence-corrected chi connectivity index (χ4v) is 5.51. The summed E-state index contributed by atoms with van der Waals surface area (Å²) in [5, 5.41) is 0. The summed E-state index contributed by atoms with van der Waals surface area (Å²) in [6.07, 6.45) is -8.12. The average molecular weight is 557 g/mol. The minimum Gasteiger partial charge on any atom is -0.367 e. The lowest BCUT2D eigenvalue weighted by Gasteiger charge is -2.22. The smallest absolute Gasteiger partial charge is 0.367 e. The number of ether oxygens (including phenoxy) is 2. The Labute approximate surface area is 203 Å². The van der Waals surface area contributed by atoms with Crippen LogP contribution in [0.15, 0.2) is 52.3 Å². The van der Waals surface area contributed by atoms with Crippen molar-refractivity contribution in [1.29, 1.82) is 0 Å². The lowest BCUT2D eigenvalue weighted by atomic mass is 10.2. The lowest BCUT2D eigenvalue weighted by Crippen LogP contribution is -2.44. The number of alkyl halides is 3. The summed E-state index contributed by atoms with van der Waals surface area (Å²) in [6, 6.07) is 4.71. The van der Waals surface area contributed by atoms with Crippen LogP contribution in [0.3, 0.4) is 0 Å². The number of sulfonamides is 1. The minimum absolute atomic E-state index is 0.104. The van der Waals surface area contributed by atoms with Gasteiger partial charge >= 0.3 is 6.18 Å². The van der Waals surface area contributed by atoms with Crippen molar-refractivity contribution >= 4 is 31.7 Å². The van der Waals surface area contributed by atoms with Crippen molar-refractivity contribution in [3.8, 4) is 0 Å². The van der Waals surface area contributed by atoms with Crippen molar-refractivity contribution in [3.05, 3.63) is 53.8 Å². The maximum Gasteiger partial charge on any atom is 0.418 e. The molecule has 16 heteroatoms. The van der Waals surface area contributed by atoms with E-state index in [1.165, 1.54) is 13.8 Å². The molecule has 1 aliphatic rings. The summed E-state index contributed by atoms with van der Waals surface area (Å²) >= 11 is 0. The van der Waals surface area contributed by atoms with Gasteiger partial charge in [-0.25, -0.2) is 12.8 Å². The summed E-state index contributed by atoms with van der Waals surface area (Å²) in [5.41, 5.74) is 2.67. The van der Waals surface area contributed by atoms with Crippen LogP contribution >= 0.6 is 0 Å². The lowest BCUT2D eigenvalue weighted by molar-refractivity contribution is -0.154. The largest absolute Gasteiger partial charge is 0.418 e. The molecule has 0 aromatic heterocycles. The van der Waals surface area contributed by atoms with Crippen molar-refractivity contribution in [2.45, 2.75) is 47.8 Å². The van der Waals surface area contributed by atoms with Gasteiger partial charge in [0.2, 0.25) is 0 Å². The number of halogens is 4. The second kappa shape index (κ2) is 9.59. The van der Waals surface area contributed by atoms with Crippen molar-refractivity contribution < 1.29 is 52.8 Å². The van der Waals surface area contributed by atoms with E-state index in [4.69, 9.17) is 19.4 Å². The van der Waals surface area contributed by atoms with Gasteiger partial charge in [0.05, 0.1) is 27.6 Å². The zero-order chi connectivity index (χ0) is 27.1. The highest BCUT2D eigenvalue weighted by Gasteiger charge is 2.43. The van der Waals surface area contributed by atoms with Gasteiger partial charge in [-0.1, -0.05) is 6.07 Å². The second-order valence-corrected chi connectivity index (χ2v) is 11.3. The van der Waals surface area contributed by atoms with Gasteiger partial charge in [-0.05, 0) is 50.2 Å². The highest BCUT2D eigenvalue weighted by atomic mass is 32.2. The van der Waals surface area contributed by atoms with E-state index in [1.54, 1.807) is 4.72 Å². The maximum atomic E-state index is 13.3.